The van der Waals surface area contributed by atoms with Crippen LogP contribution in [0.15, 0.2) is 82.0 Å². The van der Waals surface area contributed by atoms with Gasteiger partial charge in [-0.1, -0.05) is 42.5 Å². The minimum Gasteiger partial charge on any atom is -0.497 e. The second kappa shape index (κ2) is 14.1. The van der Waals surface area contributed by atoms with Crippen LogP contribution in [0.2, 0.25) is 0 Å². The molecule has 1 heterocycles. The van der Waals surface area contributed by atoms with Gasteiger partial charge in [0.25, 0.3) is 11.8 Å². The monoisotopic (exact) mass is 572 g/mol. The van der Waals surface area contributed by atoms with Crippen molar-refractivity contribution < 1.29 is 33.0 Å². The van der Waals surface area contributed by atoms with Gasteiger partial charge in [-0.3, -0.25) is 19.2 Å². The Balaban J connectivity index is 1.53. The predicted octanol–water partition coefficient (Wildman–Crippen LogP) is 3.36. The summed E-state index contributed by atoms with van der Waals surface area (Å²) < 4.78 is 21.3. The molecule has 0 saturated heterocycles. The molecule has 0 aliphatic carbocycles. The SMILES string of the molecule is COCOc1ccc2c(=O)c(C)c(C(=O)NC(Cc3ccccc3)C(=O)C(=O)NCCc3ccc(OC)cc3)oc2c1. The van der Waals surface area contributed by atoms with Gasteiger partial charge >= 0.3 is 0 Å². The summed E-state index contributed by atoms with van der Waals surface area (Å²) >= 11 is 0. The second-order valence-electron chi connectivity index (χ2n) is 9.53. The van der Waals surface area contributed by atoms with Crippen LogP contribution in [0, 0.1) is 6.92 Å². The highest BCUT2D eigenvalue weighted by molar-refractivity contribution is 6.38. The van der Waals surface area contributed by atoms with Crippen molar-refractivity contribution >= 4 is 28.6 Å². The third kappa shape index (κ3) is 7.41. The Hall–Kier alpha value is -4.96. The second-order valence-corrected chi connectivity index (χ2v) is 9.53. The molecule has 1 unspecified atom stereocenters. The van der Waals surface area contributed by atoms with Crippen molar-refractivity contribution in [3.05, 3.63) is 105 Å². The van der Waals surface area contributed by atoms with Crippen LogP contribution >= 0.6 is 0 Å². The Bertz CT molecular complexity index is 1610. The van der Waals surface area contributed by atoms with Crippen molar-refractivity contribution in [1.82, 2.24) is 10.6 Å². The van der Waals surface area contributed by atoms with Gasteiger partial charge in [-0.05, 0) is 48.7 Å². The third-order valence-electron chi connectivity index (χ3n) is 6.63. The fraction of sp³-hybridized carbons (Fsp3) is 0.250. The summed E-state index contributed by atoms with van der Waals surface area (Å²) in [4.78, 5) is 52.6. The van der Waals surface area contributed by atoms with Crippen LogP contribution in [0.4, 0.5) is 0 Å². The number of methoxy groups -OCH3 is 2. The summed E-state index contributed by atoms with van der Waals surface area (Å²) in [6, 6.07) is 19.8. The van der Waals surface area contributed by atoms with Crippen molar-refractivity contribution in [3.8, 4) is 11.5 Å². The largest absolute Gasteiger partial charge is 0.497 e. The van der Waals surface area contributed by atoms with E-state index in [4.69, 9.17) is 18.6 Å². The number of hydrogen-bond acceptors (Lipinski definition) is 8. The zero-order chi connectivity index (χ0) is 30.1. The first-order valence-electron chi connectivity index (χ1n) is 13.3. The van der Waals surface area contributed by atoms with Gasteiger partial charge in [0.05, 0.1) is 12.5 Å². The van der Waals surface area contributed by atoms with Gasteiger partial charge in [0.2, 0.25) is 5.78 Å². The van der Waals surface area contributed by atoms with Crippen LogP contribution < -0.4 is 25.5 Å². The molecular weight excluding hydrogens is 540 g/mol. The zero-order valence-corrected chi connectivity index (χ0v) is 23.6. The highest BCUT2D eigenvalue weighted by atomic mass is 16.7. The minimum absolute atomic E-state index is 0.0135. The van der Waals surface area contributed by atoms with E-state index in [-0.39, 0.29) is 42.1 Å². The van der Waals surface area contributed by atoms with Crippen molar-refractivity contribution in [2.75, 3.05) is 27.6 Å². The molecule has 0 spiro atoms. The molecule has 42 heavy (non-hydrogen) atoms. The summed E-state index contributed by atoms with van der Waals surface area (Å²) in [7, 11) is 3.05. The number of rotatable bonds is 13. The van der Waals surface area contributed by atoms with E-state index in [1.54, 1.807) is 43.5 Å². The van der Waals surface area contributed by atoms with E-state index in [9.17, 15) is 19.2 Å². The Morgan fingerprint density at radius 2 is 1.62 bits per heavy atom. The van der Waals surface area contributed by atoms with Crippen LogP contribution in [-0.4, -0.2) is 51.2 Å². The van der Waals surface area contributed by atoms with Gasteiger partial charge < -0.3 is 29.3 Å². The normalized spacial score (nSPS) is 11.5. The smallest absolute Gasteiger partial charge is 0.289 e. The molecule has 10 heteroatoms. The predicted molar refractivity (Wildman–Crippen MR) is 156 cm³/mol. The summed E-state index contributed by atoms with van der Waals surface area (Å²) in [5.74, 6) is -1.61. The number of nitrogens with one attached hydrogen (secondary N) is 2. The number of ketones is 1. The maximum Gasteiger partial charge on any atom is 0.289 e. The van der Waals surface area contributed by atoms with E-state index in [1.165, 1.54) is 20.1 Å². The van der Waals surface area contributed by atoms with Crippen LogP contribution in [-0.2, 0) is 27.2 Å². The lowest BCUT2D eigenvalue weighted by atomic mass is 10.0. The van der Waals surface area contributed by atoms with Gasteiger partial charge in [0.15, 0.2) is 18.0 Å². The van der Waals surface area contributed by atoms with Gasteiger partial charge in [0.1, 0.15) is 23.1 Å². The molecule has 3 aromatic carbocycles. The Labute approximate surface area is 242 Å². The number of benzene rings is 3. The summed E-state index contributed by atoms with van der Waals surface area (Å²) in [5, 5.41) is 5.52. The fourth-order valence-corrected chi connectivity index (χ4v) is 4.34. The van der Waals surface area contributed by atoms with Gasteiger partial charge in [-0.15, -0.1) is 0 Å². The minimum atomic E-state index is -1.21. The third-order valence-corrected chi connectivity index (χ3v) is 6.63. The number of hydrogen-bond donors (Lipinski definition) is 2. The molecule has 1 aromatic heterocycles. The maximum atomic E-state index is 13.4. The lowest BCUT2D eigenvalue weighted by Gasteiger charge is -2.18. The molecule has 1 atom stereocenters. The molecule has 0 aliphatic heterocycles. The van der Waals surface area contributed by atoms with Crippen LogP contribution in [0.3, 0.4) is 0 Å². The summed E-state index contributed by atoms with van der Waals surface area (Å²) in [5.41, 5.74) is 1.49. The summed E-state index contributed by atoms with van der Waals surface area (Å²) in [6.07, 6.45) is 0.555. The van der Waals surface area contributed by atoms with Crippen molar-refractivity contribution in [2.24, 2.45) is 0 Å². The molecule has 218 valence electrons. The van der Waals surface area contributed by atoms with E-state index in [2.05, 4.69) is 10.6 Å². The first-order chi connectivity index (χ1) is 20.3. The molecule has 4 aromatic rings. The molecule has 10 nitrogen and oxygen atoms in total. The lowest BCUT2D eigenvalue weighted by Crippen LogP contribution is -2.49. The maximum absolute atomic E-state index is 13.4. The Morgan fingerprint density at radius 1 is 0.905 bits per heavy atom. The molecule has 4 rings (SSSR count). The van der Waals surface area contributed by atoms with Gasteiger partial charge in [-0.2, -0.15) is 0 Å². The van der Waals surface area contributed by atoms with E-state index in [0.717, 1.165) is 16.9 Å². The zero-order valence-electron chi connectivity index (χ0n) is 23.6. The molecule has 2 N–H and O–H groups in total. The number of carbonyl (C=O) groups excluding carboxylic acids is 3. The number of carbonyl (C=O) groups is 3. The first-order valence-corrected chi connectivity index (χ1v) is 13.3. The van der Waals surface area contributed by atoms with Crippen LogP contribution in [0.1, 0.15) is 27.2 Å². The molecule has 0 bridgehead atoms. The van der Waals surface area contributed by atoms with Crippen LogP contribution in [0.5, 0.6) is 11.5 Å². The first kappa shape index (κ1) is 30.0. The topological polar surface area (TPSA) is 133 Å². The number of ether oxygens (including phenoxy) is 3. The number of amides is 2. The van der Waals surface area contributed by atoms with E-state index >= 15 is 0 Å². The van der Waals surface area contributed by atoms with Crippen LogP contribution in [0.25, 0.3) is 11.0 Å². The molecule has 0 radical (unpaired) electrons. The highest BCUT2D eigenvalue weighted by Crippen LogP contribution is 2.22. The molecule has 0 saturated carbocycles. The van der Waals surface area contributed by atoms with E-state index < -0.39 is 29.1 Å². The van der Waals surface area contributed by atoms with Crippen molar-refractivity contribution in [3.63, 3.8) is 0 Å². The number of Topliss-reactive ketones (excluding diaryl/α,β-unsaturated/α-hetero) is 1. The van der Waals surface area contributed by atoms with Crippen molar-refractivity contribution in [1.29, 1.82) is 0 Å². The van der Waals surface area contributed by atoms with Crippen molar-refractivity contribution in [2.45, 2.75) is 25.8 Å². The standard InChI is InChI=1S/C32H32N2O8/c1-20-28(35)25-14-13-24(41-19-39-2)18-27(25)42-30(20)32(38)34-26(17-22-7-5-4-6-8-22)29(36)31(37)33-16-15-21-9-11-23(40-3)12-10-21/h4-14,18,26H,15-17,19H2,1-3H3,(H,33,37)(H,34,38). The average Bonchev–Trinajstić information content (AvgIpc) is 3.01. The molecule has 2 amide bonds. The van der Waals surface area contributed by atoms with E-state index in [0.29, 0.717) is 12.2 Å². The van der Waals surface area contributed by atoms with E-state index in [1.807, 2.05) is 30.3 Å². The number of fused-ring (bicyclic) bond motifs is 1. The Kier molecular flexibility index (Phi) is 10.1. The Morgan fingerprint density at radius 3 is 2.31 bits per heavy atom. The fourth-order valence-electron chi connectivity index (χ4n) is 4.34. The van der Waals surface area contributed by atoms with Gasteiger partial charge in [-0.25, -0.2) is 0 Å². The van der Waals surface area contributed by atoms with Gasteiger partial charge in [0, 0.05) is 31.7 Å². The summed E-state index contributed by atoms with van der Waals surface area (Å²) in [6.45, 7) is 1.67. The highest BCUT2D eigenvalue weighted by Gasteiger charge is 2.29. The quantitative estimate of drug-likeness (QED) is 0.184. The lowest BCUT2D eigenvalue weighted by molar-refractivity contribution is -0.138. The molecular formula is C32H32N2O8. The molecule has 0 aliphatic rings. The molecule has 0 fully saturated rings. The average molecular weight is 573 g/mol.